The largest absolute Gasteiger partial charge is 0.393 e. The van der Waals surface area contributed by atoms with E-state index in [1.165, 1.54) is 12.8 Å². The number of aliphatic hydroxyl groups is 1. The second kappa shape index (κ2) is 4.83. The van der Waals surface area contributed by atoms with E-state index in [4.69, 9.17) is 4.74 Å². The van der Waals surface area contributed by atoms with Crippen LogP contribution in [0, 0.1) is 5.92 Å². The molecule has 1 rings (SSSR count). The number of aliphatic hydroxyl groups excluding tert-OH is 1. The summed E-state index contributed by atoms with van der Waals surface area (Å²) >= 11 is 0. The van der Waals surface area contributed by atoms with E-state index in [0.29, 0.717) is 12.0 Å². The lowest BCUT2D eigenvalue weighted by Crippen LogP contribution is -2.11. The van der Waals surface area contributed by atoms with Crippen molar-refractivity contribution in [3.8, 4) is 0 Å². The van der Waals surface area contributed by atoms with Crippen LogP contribution in [0.4, 0.5) is 0 Å². The Balaban J connectivity index is 1.87. The van der Waals surface area contributed by atoms with E-state index in [9.17, 15) is 5.11 Å². The molecule has 0 saturated heterocycles. The Kier molecular flexibility index (Phi) is 4.02. The van der Waals surface area contributed by atoms with Crippen LogP contribution >= 0.6 is 0 Å². The van der Waals surface area contributed by atoms with Crippen molar-refractivity contribution in [3.63, 3.8) is 0 Å². The first-order valence-corrected chi connectivity index (χ1v) is 5.00. The molecule has 2 nitrogen and oxygen atoms in total. The molecule has 0 spiro atoms. The lowest BCUT2D eigenvalue weighted by Gasteiger charge is -2.10. The maximum atomic E-state index is 9.50. The number of hydrogen-bond acceptors (Lipinski definition) is 2. The smallest absolute Gasteiger partial charge is 0.0569 e. The quantitative estimate of drug-likeness (QED) is 0.621. The van der Waals surface area contributed by atoms with Gasteiger partial charge in [-0.3, -0.25) is 0 Å². The predicted molar refractivity (Wildman–Crippen MR) is 49.1 cm³/mol. The average Bonchev–Trinajstić information content (AvgIpc) is 2.79. The van der Waals surface area contributed by atoms with Gasteiger partial charge in [0.2, 0.25) is 0 Å². The molecule has 12 heavy (non-hydrogen) atoms. The molecule has 1 atom stereocenters. The molecule has 0 aromatic carbocycles. The second-order valence-electron chi connectivity index (χ2n) is 3.97. The van der Waals surface area contributed by atoms with Gasteiger partial charge < -0.3 is 9.84 Å². The van der Waals surface area contributed by atoms with Crippen molar-refractivity contribution in [2.75, 3.05) is 6.61 Å². The molecule has 1 fully saturated rings. The van der Waals surface area contributed by atoms with Crippen molar-refractivity contribution >= 4 is 0 Å². The van der Waals surface area contributed by atoms with Gasteiger partial charge in [0.15, 0.2) is 0 Å². The molecular formula is C10H20O2. The molecule has 0 aliphatic heterocycles. The van der Waals surface area contributed by atoms with E-state index in [-0.39, 0.29) is 6.10 Å². The van der Waals surface area contributed by atoms with Crippen LogP contribution in [0.1, 0.15) is 39.5 Å². The highest BCUT2D eigenvalue weighted by Gasteiger charge is 2.28. The summed E-state index contributed by atoms with van der Waals surface area (Å²) in [6.07, 6.45) is 4.63. The fourth-order valence-electron chi connectivity index (χ4n) is 1.33. The molecule has 0 heterocycles. The highest BCUT2D eigenvalue weighted by Crippen LogP contribution is 2.34. The molecule has 1 saturated carbocycles. The van der Waals surface area contributed by atoms with Crippen molar-refractivity contribution in [2.45, 2.75) is 51.7 Å². The van der Waals surface area contributed by atoms with Gasteiger partial charge in [-0.25, -0.2) is 0 Å². The van der Waals surface area contributed by atoms with Crippen LogP contribution in [0.3, 0.4) is 0 Å². The maximum absolute atomic E-state index is 9.50. The molecule has 1 N–H and O–H groups in total. The standard InChI is InChI=1S/C10H20O2/c1-8(2)12-7-3-4-10(11)9-5-6-9/h8-11H,3-7H2,1-2H3. The van der Waals surface area contributed by atoms with Crippen molar-refractivity contribution in [1.82, 2.24) is 0 Å². The first-order valence-electron chi connectivity index (χ1n) is 5.00. The summed E-state index contributed by atoms with van der Waals surface area (Å²) in [5, 5.41) is 9.50. The van der Waals surface area contributed by atoms with Crippen molar-refractivity contribution < 1.29 is 9.84 Å². The van der Waals surface area contributed by atoms with Crippen molar-refractivity contribution in [1.29, 1.82) is 0 Å². The predicted octanol–water partition coefficient (Wildman–Crippen LogP) is 1.96. The van der Waals surface area contributed by atoms with Crippen LogP contribution in [0.2, 0.25) is 0 Å². The van der Waals surface area contributed by atoms with Gasteiger partial charge in [-0.1, -0.05) is 0 Å². The Bertz CT molecular complexity index is 119. The Morgan fingerprint density at radius 2 is 2.08 bits per heavy atom. The molecular weight excluding hydrogens is 152 g/mol. The molecule has 0 radical (unpaired) electrons. The summed E-state index contributed by atoms with van der Waals surface area (Å²) in [5.41, 5.74) is 0. The van der Waals surface area contributed by atoms with E-state index in [1.807, 2.05) is 13.8 Å². The number of rotatable bonds is 6. The Morgan fingerprint density at radius 1 is 1.42 bits per heavy atom. The first kappa shape index (κ1) is 10.0. The normalized spacial score (nSPS) is 20.0. The van der Waals surface area contributed by atoms with Crippen molar-refractivity contribution in [3.05, 3.63) is 0 Å². The van der Waals surface area contributed by atoms with Crippen LogP contribution in [-0.2, 0) is 4.74 Å². The van der Waals surface area contributed by atoms with Gasteiger partial charge >= 0.3 is 0 Å². The number of hydrogen-bond donors (Lipinski definition) is 1. The van der Waals surface area contributed by atoms with Gasteiger partial charge in [0.05, 0.1) is 12.2 Å². The van der Waals surface area contributed by atoms with Crippen LogP contribution in [0.15, 0.2) is 0 Å². The molecule has 0 aromatic heterocycles. The average molecular weight is 172 g/mol. The van der Waals surface area contributed by atoms with Gasteiger partial charge in [-0.2, -0.15) is 0 Å². The van der Waals surface area contributed by atoms with Gasteiger partial charge in [-0.05, 0) is 45.4 Å². The summed E-state index contributed by atoms with van der Waals surface area (Å²) in [6.45, 7) is 4.87. The van der Waals surface area contributed by atoms with Crippen LogP contribution in [0.5, 0.6) is 0 Å². The third kappa shape index (κ3) is 4.07. The summed E-state index contributed by atoms with van der Waals surface area (Å²) < 4.78 is 5.38. The van der Waals surface area contributed by atoms with Crippen LogP contribution in [0.25, 0.3) is 0 Å². The number of ether oxygens (including phenoxy) is 1. The Morgan fingerprint density at radius 3 is 2.58 bits per heavy atom. The van der Waals surface area contributed by atoms with E-state index >= 15 is 0 Å². The molecule has 1 aliphatic rings. The van der Waals surface area contributed by atoms with E-state index in [2.05, 4.69) is 0 Å². The van der Waals surface area contributed by atoms with Crippen LogP contribution < -0.4 is 0 Å². The highest BCUT2D eigenvalue weighted by atomic mass is 16.5. The van der Waals surface area contributed by atoms with Gasteiger partial charge in [0.1, 0.15) is 0 Å². The van der Waals surface area contributed by atoms with Crippen molar-refractivity contribution in [2.24, 2.45) is 5.92 Å². The lowest BCUT2D eigenvalue weighted by molar-refractivity contribution is 0.0619. The maximum Gasteiger partial charge on any atom is 0.0569 e. The summed E-state index contributed by atoms with van der Waals surface area (Å²) in [6, 6.07) is 0. The molecule has 0 aromatic rings. The topological polar surface area (TPSA) is 29.5 Å². The second-order valence-corrected chi connectivity index (χ2v) is 3.97. The SMILES string of the molecule is CC(C)OCCCC(O)C1CC1. The molecule has 2 heteroatoms. The van der Waals surface area contributed by atoms with E-state index in [0.717, 1.165) is 19.4 Å². The first-order chi connectivity index (χ1) is 5.70. The Hall–Kier alpha value is -0.0800. The third-order valence-corrected chi connectivity index (χ3v) is 2.26. The molecule has 0 amide bonds. The summed E-state index contributed by atoms with van der Waals surface area (Å²) in [7, 11) is 0. The molecule has 0 bridgehead atoms. The zero-order chi connectivity index (χ0) is 8.97. The molecule has 1 aliphatic carbocycles. The fraction of sp³-hybridized carbons (Fsp3) is 1.00. The minimum Gasteiger partial charge on any atom is -0.393 e. The lowest BCUT2D eigenvalue weighted by atomic mass is 10.1. The zero-order valence-electron chi connectivity index (χ0n) is 8.12. The third-order valence-electron chi connectivity index (χ3n) is 2.26. The Labute approximate surface area is 74.9 Å². The molecule has 1 unspecified atom stereocenters. The fourth-order valence-corrected chi connectivity index (χ4v) is 1.33. The zero-order valence-corrected chi connectivity index (χ0v) is 8.12. The molecule has 72 valence electrons. The minimum absolute atomic E-state index is 0.0548. The van der Waals surface area contributed by atoms with E-state index < -0.39 is 0 Å². The highest BCUT2D eigenvalue weighted by molar-refractivity contribution is 4.80. The van der Waals surface area contributed by atoms with Crippen LogP contribution in [-0.4, -0.2) is 23.9 Å². The minimum atomic E-state index is -0.0548. The summed E-state index contributed by atoms with van der Waals surface area (Å²) in [4.78, 5) is 0. The monoisotopic (exact) mass is 172 g/mol. The van der Waals surface area contributed by atoms with Gasteiger partial charge in [-0.15, -0.1) is 0 Å². The van der Waals surface area contributed by atoms with Gasteiger partial charge in [0, 0.05) is 6.61 Å². The van der Waals surface area contributed by atoms with E-state index in [1.54, 1.807) is 0 Å². The van der Waals surface area contributed by atoms with Gasteiger partial charge in [0.25, 0.3) is 0 Å². The summed E-state index contributed by atoms with van der Waals surface area (Å²) in [5.74, 6) is 0.615.